The van der Waals surface area contributed by atoms with Crippen LogP contribution in [0.2, 0.25) is 0 Å². The van der Waals surface area contributed by atoms with Crippen LogP contribution in [0.3, 0.4) is 0 Å². The molecule has 0 aliphatic rings. The Bertz CT molecular complexity index is 676. The topological polar surface area (TPSA) is 46.5 Å². The highest BCUT2D eigenvalue weighted by Crippen LogP contribution is 2.25. The predicted molar refractivity (Wildman–Crippen MR) is 71.8 cm³/mol. The summed E-state index contributed by atoms with van der Waals surface area (Å²) in [6.45, 7) is 0. The quantitative estimate of drug-likeness (QED) is 0.491. The lowest BCUT2D eigenvalue weighted by Crippen LogP contribution is -2.01. The van der Waals surface area contributed by atoms with E-state index < -0.39 is 5.82 Å². The molecule has 3 nitrogen and oxygen atoms in total. The van der Waals surface area contributed by atoms with Crippen molar-refractivity contribution in [3.63, 3.8) is 0 Å². The van der Waals surface area contributed by atoms with E-state index in [-0.39, 0.29) is 17.0 Å². The van der Waals surface area contributed by atoms with E-state index >= 15 is 0 Å². The summed E-state index contributed by atoms with van der Waals surface area (Å²) in [7, 11) is 0. The van der Waals surface area contributed by atoms with Crippen LogP contribution in [0.15, 0.2) is 51.9 Å². The molecule has 0 radical (unpaired) electrons. The minimum absolute atomic E-state index is 0.229. The van der Waals surface area contributed by atoms with Crippen LogP contribution in [0.5, 0.6) is 0 Å². The summed E-state index contributed by atoms with van der Waals surface area (Å²) in [6, 6.07) is 9.92. The summed E-state index contributed by atoms with van der Waals surface area (Å²) in [5, 5.41) is 0. The lowest BCUT2D eigenvalue weighted by Gasteiger charge is -2.05. The lowest BCUT2D eigenvalue weighted by atomic mass is 10.0. The van der Waals surface area contributed by atoms with E-state index in [0.717, 1.165) is 0 Å². The van der Waals surface area contributed by atoms with Gasteiger partial charge in [0, 0.05) is 10.0 Å². The van der Waals surface area contributed by atoms with Crippen LogP contribution in [0.25, 0.3) is 0 Å². The number of isocyanates is 1. The molecule has 2 aromatic carbocycles. The van der Waals surface area contributed by atoms with Gasteiger partial charge in [-0.05, 0) is 42.5 Å². The first-order valence-corrected chi connectivity index (χ1v) is 6.09. The van der Waals surface area contributed by atoms with Gasteiger partial charge < -0.3 is 0 Å². The van der Waals surface area contributed by atoms with Gasteiger partial charge in [0.05, 0.1) is 11.3 Å². The van der Waals surface area contributed by atoms with Crippen LogP contribution in [-0.2, 0) is 4.79 Å². The van der Waals surface area contributed by atoms with E-state index in [1.807, 2.05) is 0 Å². The van der Waals surface area contributed by atoms with Crippen LogP contribution in [0, 0.1) is 5.82 Å². The zero-order chi connectivity index (χ0) is 13.8. The Morgan fingerprint density at radius 1 is 1.16 bits per heavy atom. The number of rotatable bonds is 3. The molecule has 0 unspecified atom stereocenters. The van der Waals surface area contributed by atoms with Gasteiger partial charge >= 0.3 is 0 Å². The van der Waals surface area contributed by atoms with Gasteiger partial charge in [-0.2, -0.15) is 4.99 Å². The van der Waals surface area contributed by atoms with Gasteiger partial charge in [-0.1, -0.05) is 15.9 Å². The minimum Gasteiger partial charge on any atom is -0.289 e. The number of ketones is 1. The summed E-state index contributed by atoms with van der Waals surface area (Å²) in [5.74, 6) is -0.757. The molecule has 0 saturated heterocycles. The van der Waals surface area contributed by atoms with Crippen molar-refractivity contribution >= 4 is 33.5 Å². The maximum absolute atomic E-state index is 12.8. The third-order valence-corrected chi connectivity index (χ3v) is 2.97. The molecule has 0 N–H and O–H groups in total. The molecule has 5 heteroatoms. The van der Waals surface area contributed by atoms with Gasteiger partial charge in [0.25, 0.3) is 0 Å². The average molecular weight is 320 g/mol. The number of halogens is 2. The van der Waals surface area contributed by atoms with Gasteiger partial charge in [0.15, 0.2) is 5.78 Å². The van der Waals surface area contributed by atoms with Crippen LogP contribution in [0.1, 0.15) is 15.9 Å². The fourth-order valence-corrected chi connectivity index (χ4v) is 1.95. The molecule has 0 amide bonds. The van der Waals surface area contributed by atoms with Crippen molar-refractivity contribution in [2.45, 2.75) is 0 Å². The van der Waals surface area contributed by atoms with Crippen molar-refractivity contribution in [3.8, 4) is 0 Å². The van der Waals surface area contributed by atoms with E-state index in [4.69, 9.17) is 0 Å². The molecule has 94 valence electrons. The molecule has 0 aromatic heterocycles. The molecule has 2 aromatic rings. The molecule has 0 saturated carbocycles. The predicted octanol–water partition coefficient (Wildman–Crippen LogP) is 3.79. The Morgan fingerprint density at radius 2 is 1.84 bits per heavy atom. The number of nitrogens with zero attached hydrogens (tertiary/aromatic N) is 1. The number of hydrogen-bond acceptors (Lipinski definition) is 3. The van der Waals surface area contributed by atoms with Crippen LogP contribution >= 0.6 is 15.9 Å². The molecular formula is C14H7BrFNO2. The molecule has 0 atom stereocenters. The third-order valence-electron chi connectivity index (χ3n) is 2.48. The highest BCUT2D eigenvalue weighted by molar-refractivity contribution is 9.10. The summed E-state index contributed by atoms with van der Waals surface area (Å²) in [4.78, 5) is 26.1. The highest BCUT2D eigenvalue weighted by Gasteiger charge is 2.14. The maximum atomic E-state index is 12.8. The average Bonchev–Trinajstić information content (AvgIpc) is 2.41. The summed E-state index contributed by atoms with van der Waals surface area (Å²) in [5.41, 5.74) is 0.804. The van der Waals surface area contributed by atoms with E-state index in [2.05, 4.69) is 20.9 Å². The zero-order valence-electron chi connectivity index (χ0n) is 9.56. The Morgan fingerprint density at radius 3 is 2.47 bits per heavy atom. The molecule has 19 heavy (non-hydrogen) atoms. The SMILES string of the molecule is O=C=Nc1ccc(Br)cc1C(=O)c1ccc(F)cc1. The zero-order valence-corrected chi connectivity index (χ0v) is 11.1. The number of hydrogen-bond donors (Lipinski definition) is 0. The first-order valence-electron chi connectivity index (χ1n) is 5.29. The normalized spacial score (nSPS) is 9.79. The first-order chi connectivity index (χ1) is 9.11. The Kier molecular flexibility index (Phi) is 4.00. The second-order valence-electron chi connectivity index (χ2n) is 3.70. The van der Waals surface area contributed by atoms with Crippen LogP contribution in [-0.4, -0.2) is 11.9 Å². The molecule has 0 aliphatic carbocycles. The van der Waals surface area contributed by atoms with Gasteiger partial charge in [0.1, 0.15) is 5.82 Å². The molecule has 0 spiro atoms. The fraction of sp³-hybridized carbons (Fsp3) is 0. The van der Waals surface area contributed by atoms with E-state index in [0.29, 0.717) is 10.0 Å². The van der Waals surface area contributed by atoms with E-state index in [1.54, 1.807) is 12.1 Å². The molecule has 0 heterocycles. The van der Waals surface area contributed by atoms with Crippen molar-refractivity contribution in [1.82, 2.24) is 0 Å². The van der Waals surface area contributed by atoms with Crippen molar-refractivity contribution in [1.29, 1.82) is 0 Å². The van der Waals surface area contributed by atoms with Crippen molar-refractivity contribution in [2.75, 3.05) is 0 Å². The Labute approximate surface area is 116 Å². The second kappa shape index (κ2) is 5.69. The second-order valence-corrected chi connectivity index (χ2v) is 4.62. The molecule has 0 aliphatic heterocycles. The first kappa shape index (κ1) is 13.3. The number of aliphatic imine (C=N–C) groups is 1. The van der Waals surface area contributed by atoms with Crippen LogP contribution in [0.4, 0.5) is 10.1 Å². The maximum Gasteiger partial charge on any atom is 0.240 e. The monoisotopic (exact) mass is 319 g/mol. The highest BCUT2D eigenvalue weighted by atomic mass is 79.9. The smallest absolute Gasteiger partial charge is 0.240 e. The molecule has 2 rings (SSSR count). The number of carbonyl (C=O) groups excluding carboxylic acids is 2. The van der Waals surface area contributed by atoms with Gasteiger partial charge in [0.2, 0.25) is 6.08 Å². The number of benzene rings is 2. The molecule has 0 bridgehead atoms. The summed E-state index contributed by atoms with van der Waals surface area (Å²) < 4.78 is 13.5. The lowest BCUT2D eigenvalue weighted by molar-refractivity contribution is 0.103. The molecular weight excluding hydrogens is 313 g/mol. The fourth-order valence-electron chi connectivity index (χ4n) is 1.59. The van der Waals surface area contributed by atoms with Crippen LogP contribution < -0.4 is 0 Å². The van der Waals surface area contributed by atoms with E-state index in [1.165, 1.54) is 36.4 Å². The van der Waals surface area contributed by atoms with Crippen molar-refractivity contribution < 1.29 is 14.0 Å². The standard InChI is InChI=1S/C14H7BrFNO2/c15-10-3-6-13(17-8-18)12(7-10)14(19)9-1-4-11(16)5-2-9/h1-7H. The van der Waals surface area contributed by atoms with Gasteiger partial charge in [-0.15, -0.1) is 0 Å². The molecule has 0 fully saturated rings. The Balaban J connectivity index is 2.51. The summed E-state index contributed by atoms with van der Waals surface area (Å²) in [6.07, 6.45) is 1.41. The van der Waals surface area contributed by atoms with Gasteiger partial charge in [-0.3, -0.25) is 4.79 Å². The Hall–Kier alpha value is -2.10. The number of carbonyl (C=O) groups is 1. The van der Waals surface area contributed by atoms with Gasteiger partial charge in [-0.25, -0.2) is 9.18 Å². The minimum atomic E-state index is -0.420. The largest absolute Gasteiger partial charge is 0.289 e. The van der Waals surface area contributed by atoms with Crippen molar-refractivity contribution in [3.05, 3.63) is 63.9 Å². The third kappa shape index (κ3) is 3.02. The van der Waals surface area contributed by atoms with E-state index in [9.17, 15) is 14.0 Å². The van der Waals surface area contributed by atoms with Crippen molar-refractivity contribution in [2.24, 2.45) is 4.99 Å². The summed E-state index contributed by atoms with van der Waals surface area (Å²) >= 11 is 3.25.